The number of esters is 6. The van der Waals surface area contributed by atoms with Gasteiger partial charge in [0, 0.05) is 39.5 Å². The van der Waals surface area contributed by atoms with E-state index in [0.717, 1.165) is 48.2 Å². The Balaban J connectivity index is 0.000000895. The van der Waals surface area contributed by atoms with Gasteiger partial charge in [0.25, 0.3) is 0 Å². The van der Waals surface area contributed by atoms with E-state index < -0.39 is 166 Å². The molecular weight excluding hydrogens is 1840 g/mol. The van der Waals surface area contributed by atoms with Gasteiger partial charge >= 0.3 is 187 Å². The second kappa shape index (κ2) is 52.8. The van der Waals surface area contributed by atoms with Gasteiger partial charge in [-0.25, -0.2) is 43.2 Å². The number of unbranched alkanes of at least 4 members (excludes halogenated alkanes) is 3. The van der Waals surface area contributed by atoms with E-state index in [1.54, 1.807) is 125 Å². The zero-order chi connectivity index (χ0) is 89.3. The van der Waals surface area contributed by atoms with E-state index in [4.69, 9.17) is 38.6 Å². The van der Waals surface area contributed by atoms with E-state index in [-0.39, 0.29) is 38.5 Å². The Morgan fingerprint density at radius 1 is 0.325 bits per heavy atom. The summed E-state index contributed by atoms with van der Waals surface area (Å²) in [5, 5.41) is 51.9. The van der Waals surface area contributed by atoms with E-state index in [2.05, 4.69) is 156 Å². The molecule has 30 nitrogen and oxygen atoms in total. The Hall–Kier alpha value is -7.16. The molecule has 0 aliphatic heterocycles. The topological polar surface area (TPSA) is 429 Å². The third kappa shape index (κ3) is 56.1. The van der Waals surface area contributed by atoms with Gasteiger partial charge in [-0.15, -0.1) is 0 Å². The van der Waals surface area contributed by atoms with Gasteiger partial charge < -0.3 is 81.0 Å². The molecular formula is C84H135I2N9O21Sn. The fraction of sp³-hybridized carbons (Fsp3) is 0.643. The van der Waals surface area contributed by atoms with Gasteiger partial charge in [-0.05, 0) is 276 Å². The molecule has 0 aromatic heterocycles. The number of urea groups is 3. The maximum atomic E-state index is 13.1. The first-order valence-electron chi connectivity index (χ1n) is 39.8. The third-order valence-electron chi connectivity index (χ3n) is 15.9. The Kier molecular flexibility index (Phi) is 48.7. The Labute approximate surface area is 724 Å². The smallest absolute Gasteiger partial charge is 0.481 e. The van der Waals surface area contributed by atoms with Gasteiger partial charge in [-0.3, -0.25) is 14.4 Å². The molecule has 0 saturated heterocycles. The number of carboxylic acid groups (broad SMARTS) is 3. The molecule has 0 aliphatic carbocycles. The summed E-state index contributed by atoms with van der Waals surface area (Å²) in [4.78, 5) is 155. The van der Waals surface area contributed by atoms with Crippen LogP contribution >= 0.6 is 45.2 Å². The molecule has 6 amide bonds. The number of rotatable bonds is 43. The van der Waals surface area contributed by atoms with Crippen molar-refractivity contribution in [1.29, 1.82) is 0 Å². The van der Waals surface area contributed by atoms with Crippen LogP contribution in [0.25, 0.3) is 0 Å². The van der Waals surface area contributed by atoms with Crippen molar-refractivity contribution in [3.8, 4) is 0 Å². The number of hydrogen-bond donors (Lipinski definition) is 12. The number of aliphatic carboxylic acids is 3. The molecule has 3 rings (SSSR count). The molecule has 0 saturated carbocycles. The van der Waals surface area contributed by atoms with Crippen molar-refractivity contribution >= 4 is 139 Å². The summed E-state index contributed by atoms with van der Waals surface area (Å²) in [7, 11) is 0. The molecule has 0 bridgehead atoms. The number of hydrogen-bond acceptors (Lipinski definition) is 21. The molecule has 0 aliphatic rings. The molecule has 33 heteroatoms. The van der Waals surface area contributed by atoms with E-state index in [0.29, 0.717) is 51.6 Å². The van der Waals surface area contributed by atoms with E-state index in [1.165, 1.54) is 18.3 Å². The molecule has 0 heterocycles. The van der Waals surface area contributed by atoms with Crippen molar-refractivity contribution in [2.24, 2.45) is 0 Å². The molecule has 0 fully saturated rings. The molecule has 3 aromatic carbocycles. The molecule has 0 spiro atoms. The van der Waals surface area contributed by atoms with Crippen LogP contribution < -0.4 is 51.4 Å². The minimum Gasteiger partial charge on any atom is -0.481 e. The van der Waals surface area contributed by atoms with Gasteiger partial charge in [0.1, 0.15) is 63.8 Å². The summed E-state index contributed by atoms with van der Waals surface area (Å²) in [6.07, 6.45) is 4.00. The average Bonchev–Trinajstić information content (AvgIpc) is 0.869. The molecule has 12 N–H and O–H groups in total. The number of carboxylic acids is 3. The zero-order valence-electron chi connectivity index (χ0n) is 72.7. The number of amides is 6. The third-order valence-corrected chi connectivity index (χ3v) is 23.2. The molecule has 3 aromatic rings. The number of carbonyl (C=O) groups is 12. The van der Waals surface area contributed by atoms with Crippen LogP contribution in [0.1, 0.15) is 238 Å². The Morgan fingerprint density at radius 3 is 0.803 bits per heavy atom. The van der Waals surface area contributed by atoms with E-state index in [1.807, 2.05) is 24.3 Å². The summed E-state index contributed by atoms with van der Waals surface area (Å²) in [5.74, 6) is -7.30. The van der Waals surface area contributed by atoms with Crippen LogP contribution in [0, 0.1) is 7.14 Å². The van der Waals surface area contributed by atoms with Crippen molar-refractivity contribution in [3.05, 3.63) is 96.6 Å². The summed E-state index contributed by atoms with van der Waals surface area (Å²) in [6.45, 7) is 35.7. The second-order valence-corrected chi connectivity index (χ2v) is 52.4. The van der Waals surface area contributed by atoms with Crippen LogP contribution in [0.3, 0.4) is 0 Å². The number of benzene rings is 3. The minimum absolute atomic E-state index is 0.0259. The maximum absolute atomic E-state index is 13.1. The van der Waals surface area contributed by atoms with Crippen LogP contribution in [0.2, 0.25) is 14.8 Å². The number of nitrogens with one attached hydrogen (secondary N) is 9. The van der Waals surface area contributed by atoms with Crippen molar-refractivity contribution in [2.45, 2.75) is 325 Å². The average molecular weight is 1970 g/mol. The molecule has 6 atom stereocenters. The number of ether oxygens (including phenoxy) is 6. The fourth-order valence-electron chi connectivity index (χ4n) is 10.5. The predicted molar refractivity (Wildman–Crippen MR) is 468 cm³/mol. The van der Waals surface area contributed by atoms with E-state index >= 15 is 0 Å². The monoisotopic (exact) mass is 1970 g/mol. The molecule has 117 heavy (non-hydrogen) atoms. The molecule has 660 valence electrons. The Morgan fingerprint density at radius 2 is 0.556 bits per heavy atom. The normalized spacial score (nSPS) is 13.4. The first-order valence-corrected chi connectivity index (χ1v) is 52.0. The van der Waals surface area contributed by atoms with Crippen LogP contribution in [-0.4, -0.2) is 195 Å². The van der Waals surface area contributed by atoms with Crippen LogP contribution in [0.4, 0.5) is 14.4 Å². The summed E-state index contributed by atoms with van der Waals surface area (Å²) in [5.41, 5.74) is -0.886. The second-order valence-electron chi connectivity index (χ2n) is 35.4. The van der Waals surface area contributed by atoms with E-state index in [9.17, 15) is 62.6 Å². The van der Waals surface area contributed by atoms with Gasteiger partial charge in [0.15, 0.2) is 0 Å². The van der Waals surface area contributed by atoms with Crippen molar-refractivity contribution < 1.29 is 101 Å². The molecule has 0 radical (unpaired) electrons. The predicted octanol–water partition coefficient (Wildman–Crippen LogP) is 12.3. The van der Waals surface area contributed by atoms with Gasteiger partial charge in [0.05, 0.1) is 0 Å². The van der Waals surface area contributed by atoms with Crippen molar-refractivity contribution in [3.63, 3.8) is 0 Å². The van der Waals surface area contributed by atoms with Crippen molar-refractivity contribution in [1.82, 2.24) is 47.9 Å². The first kappa shape index (κ1) is 108. The number of halogens is 2. The summed E-state index contributed by atoms with van der Waals surface area (Å²) in [6, 6.07) is 16.1. The van der Waals surface area contributed by atoms with Crippen LogP contribution in [-0.2, 0) is 91.2 Å². The number of carbonyl (C=O) groups excluding carboxylic acids is 9. The Bertz CT molecular complexity index is 3600. The quantitative estimate of drug-likeness (QED) is 0.00823. The zero-order valence-corrected chi connectivity index (χ0v) is 79.9. The minimum atomic E-state index is -2.06. The van der Waals surface area contributed by atoms with Crippen LogP contribution in [0.15, 0.2) is 72.8 Å². The van der Waals surface area contributed by atoms with Gasteiger partial charge in [0.2, 0.25) is 0 Å². The van der Waals surface area contributed by atoms with Gasteiger partial charge in [-0.1, -0.05) is 24.3 Å². The molecule has 0 unspecified atom stereocenters. The first-order chi connectivity index (χ1) is 53.9. The fourth-order valence-corrected chi connectivity index (χ4v) is 14.5. The van der Waals surface area contributed by atoms with Crippen molar-refractivity contribution in [2.75, 3.05) is 19.6 Å². The summed E-state index contributed by atoms with van der Waals surface area (Å²) < 4.78 is 36.6. The van der Waals surface area contributed by atoms with Crippen LogP contribution in [0.5, 0.6) is 0 Å². The standard InChI is InChI=1S/C31H50IN3O7.C31H50N3O7.C19H26IN3O7.3CH3.Sn/c1-29(2,3)40-25(36)18-17-24(27(38)42-31(7,8)9)35-28(39)34-23(26(37)41-30(4,5)6)12-10-11-19-33-20-21-13-15-22(32)16-14-21;1-29(2,3)39-25(35)19-18-24(27(37)41-31(7,8)9)34-28(38)33-23(26(36)40-30(4,5)6)17-13-14-20-32-21-22-15-11-10-12-16-22;20-13-6-4-12(5-7-13)11-21-10-2-1-3-14(17(26)27)22-19(30)23-15(18(28)29)8-9-16(24)25;;;;/h13-16,23-24,33H,10-12,17-20H2,1-9H3,(H2,34,35,39);11-12,15-16,23-24,32H,13-14,17-21H2,1-9H3,(H2,33,34,38);4-7,14-15,21H,1-3,8-11H2,(H,24,25)(H,26,27)(H,28,29)(H2,22,23,30);3*1H3;/t2*23-,24-;14-,15-;;;;/m000..../s1/i32-4;;20-4;;;;. The SMILES string of the molecule is CC(C)(C)OC(=O)CC[C@H](NC(=O)N[C@@H](CCCCNCc1cc[c]([Sn]([CH3])([CH3])[CH3])cc1)C(=O)OC(C)(C)C)C(=O)OC(C)(C)C.CC(C)(C)OC(=O)CC[C@H](NC(=O)N[C@@H](CCCCNCc1ccc([123I])cc1)C(=O)OC(C)(C)C)C(=O)OC(C)(C)C.O=C(O)CC[C@H](NC(=O)N[C@@H](CCCCNCc1ccc([123I])cc1)C(=O)O)C(=O)O. The van der Waals surface area contributed by atoms with Gasteiger partial charge in [-0.2, -0.15) is 0 Å². The summed E-state index contributed by atoms with van der Waals surface area (Å²) >= 11 is 2.44.